The lowest BCUT2D eigenvalue weighted by Gasteiger charge is -2.27. The van der Waals surface area contributed by atoms with E-state index >= 15 is 0 Å². The van der Waals surface area contributed by atoms with Crippen LogP contribution in [0.25, 0.3) is 10.6 Å². The number of benzene rings is 1. The highest BCUT2D eigenvalue weighted by Crippen LogP contribution is 2.31. The van der Waals surface area contributed by atoms with Gasteiger partial charge in [-0.25, -0.2) is 9.97 Å². The summed E-state index contributed by atoms with van der Waals surface area (Å²) in [4.78, 5) is 16.4. The van der Waals surface area contributed by atoms with Gasteiger partial charge in [0.25, 0.3) is 0 Å². The number of alkyl halides is 3. The Morgan fingerprint density at radius 3 is 2.50 bits per heavy atom. The number of aromatic nitrogens is 2. The van der Waals surface area contributed by atoms with Gasteiger partial charge in [-0.3, -0.25) is 0 Å². The van der Waals surface area contributed by atoms with E-state index in [0.29, 0.717) is 21.8 Å². The molecule has 168 valence electrons. The van der Waals surface area contributed by atoms with Crippen molar-refractivity contribution in [3.63, 3.8) is 0 Å². The molecule has 0 aliphatic carbocycles. The average molecular weight is 462 g/mol. The summed E-state index contributed by atoms with van der Waals surface area (Å²) in [5.41, 5.74) is 7.19. The van der Waals surface area contributed by atoms with Crippen LogP contribution in [0.3, 0.4) is 0 Å². The molecule has 1 saturated heterocycles. The molecule has 2 aromatic heterocycles. The van der Waals surface area contributed by atoms with Gasteiger partial charge in [0.05, 0.1) is 11.3 Å². The Kier molecular flexibility index (Phi) is 6.59. The maximum absolute atomic E-state index is 12.7. The maximum Gasteiger partial charge on any atom is 0.416 e. The molecular formula is C22H22F3N5OS. The van der Waals surface area contributed by atoms with Gasteiger partial charge in [0, 0.05) is 35.8 Å². The highest BCUT2D eigenvalue weighted by Gasteiger charge is 2.30. The minimum absolute atomic E-state index is 0.0944. The lowest BCUT2D eigenvalue weighted by molar-refractivity contribution is -0.137. The maximum atomic E-state index is 12.7. The van der Waals surface area contributed by atoms with E-state index in [-0.39, 0.29) is 12.4 Å². The molecule has 6 nitrogen and oxygen atoms in total. The van der Waals surface area contributed by atoms with Crippen LogP contribution in [0.2, 0.25) is 0 Å². The highest BCUT2D eigenvalue weighted by atomic mass is 32.1. The van der Waals surface area contributed by atoms with Crippen LogP contribution in [-0.4, -0.2) is 28.9 Å². The third kappa shape index (κ3) is 5.37. The number of piperidine rings is 1. The molecule has 1 aromatic carbocycles. The van der Waals surface area contributed by atoms with Crippen LogP contribution in [0.4, 0.5) is 19.0 Å². The SMILES string of the molecule is N/C(=N\OCc1csc(-c2ccc(C(F)(F)F)cc2)n1)c1ccc(N2CCCCC2)nc1. The van der Waals surface area contributed by atoms with Gasteiger partial charge in [-0.1, -0.05) is 17.3 Å². The monoisotopic (exact) mass is 461 g/mol. The van der Waals surface area contributed by atoms with Crippen molar-refractivity contribution in [2.75, 3.05) is 18.0 Å². The second-order valence-corrected chi connectivity index (χ2v) is 8.28. The van der Waals surface area contributed by atoms with Crippen LogP contribution in [0.15, 0.2) is 53.1 Å². The molecule has 1 aliphatic heterocycles. The van der Waals surface area contributed by atoms with Gasteiger partial charge in [0.1, 0.15) is 10.8 Å². The van der Waals surface area contributed by atoms with E-state index in [1.165, 1.54) is 42.7 Å². The fourth-order valence-corrected chi connectivity index (χ4v) is 4.19. The first-order valence-electron chi connectivity index (χ1n) is 10.2. The Labute approximate surface area is 187 Å². The number of rotatable bonds is 6. The lowest BCUT2D eigenvalue weighted by Crippen LogP contribution is -2.30. The van der Waals surface area contributed by atoms with E-state index in [0.717, 1.165) is 31.0 Å². The number of anilines is 1. The van der Waals surface area contributed by atoms with E-state index in [1.807, 2.05) is 12.1 Å². The van der Waals surface area contributed by atoms with Crippen LogP contribution in [0.5, 0.6) is 0 Å². The predicted molar refractivity (Wildman–Crippen MR) is 118 cm³/mol. The number of oxime groups is 1. The number of nitrogens with zero attached hydrogens (tertiary/aromatic N) is 4. The molecule has 0 spiro atoms. The van der Waals surface area contributed by atoms with Gasteiger partial charge < -0.3 is 15.5 Å². The summed E-state index contributed by atoms with van der Waals surface area (Å²) in [6, 6.07) is 8.70. The molecule has 1 aliphatic rings. The fraction of sp³-hybridized carbons (Fsp3) is 0.318. The summed E-state index contributed by atoms with van der Waals surface area (Å²) in [6.45, 7) is 2.12. The van der Waals surface area contributed by atoms with Crippen molar-refractivity contribution in [1.82, 2.24) is 9.97 Å². The zero-order chi connectivity index (χ0) is 22.6. The Hall–Kier alpha value is -3.14. The molecule has 3 heterocycles. The normalized spacial score (nSPS) is 15.1. The molecule has 0 bridgehead atoms. The van der Waals surface area contributed by atoms with Crippen LogP contribution in [-0.2, 0) is 17.6 Å². The number of halogens is 3. The van der Waals surface area contributed by atoms with Crippen molar-refractivity contribution in [1.29, 1.82) is 0 Å². The number of nitrogens with two attached hydrogens (primary N) is 1. The summed E-state index contributed by atoms with van der Waals surface area (Å²) in [5.74, 6) is 1.14. The van der Waals surface area contributed by atoms with Crippen molar-refractivity contribution in [3.05, 3.63) is 64.8 Å². The smallest absolute Gasteiger partial charge is 0.388 e. The van der Waals surface area contributed by atoms with E-state index in [2.05, 4.69) is 20.0 Å². The second kappa shape index (κ2) is 9.56. The Balaban J connectivity index is 1.33. The Morgan fingerprint density at radius 1 is 1.09 bits per heavy atom. The molecule has 0 atom stereocenters. The van der Waals surface area contributed by atoms with Crippen LogP contribution < -0.4 is 10.6 Å². The zero-order valence-corrected chi connectivity index (χ0v) is 18.0. The largest absolute Gasteiger partial charge is 0.416 e. The van der Waals surface area contributed by atoms with Gasteiger partial charge in [0.2, 0.25) is 0 Å². The number of hydrogen-bond donors (Lipinski definition) is 1. The molecule has 2 N–H and O–H groups in total. The van der Waals surface area contributed by atoms with E-state index in [9.17, 15) is 13.2 Å². The quantitative estimate of drug-likeness (QED) is 0.316. The first-order valence-corrected chi connectivity index (χ1v) is 11.1. The Morgan fingerprint density at radius 2 is 1.84 bits per heavy atom. The van der Waals surface area contributed by atoms with E-state index in [1.54, 1.807) is 11.6 Å². The zero-order valence-electron chi connectivity index (χ0n) is 17.2. The molecule has 0 amide bonds. The lowest BCUT2D eigenvalue weighted by atomic mass is 10.1. The van der Waals surface area contributed by atoms with Crippen molar-refractivity contribution >= 4 is 23.0 Å². The molecule has 4 rings (SSSR count). The van der Waals surface area contributed by atoms with E-state index in [4.69, 9.17) is 10.6 Å². The van der Waals surface area contributed by atoms with Gasteiger partial charge in [0.15, 0.2) is 12.4 Å². The van der Waals surface area contributed by atoms with Crippen LogP contribution in [0, 0.1) is 0 Å². The van der Waals surface area contributed by atoms with Crippen molar-refractivity contribution in [3.8, 4) is 10.6 Å². The Bertz CT molecular complexity index is 1060. The van der Waals surface area contributed by atoms with Crippen molar-refractivity contribution in [2.45, 2.75) is 32.0 Å². The summed E-state index contributed by atoms with van der Waals surface area (Å²) < 4.78 is 38.1. The third-order valence-electron chi connectivity index (χ3n) is 5.11. The second-order valence-electron chi connectivity index (χ2n) is 7.42. The van der Waals surface area contributed by atoms with Gasteiger partial charge in [-0.15, -0.1) is 11.3 Å². The summed E-state index contributed by atoms with van der Waals surface area (Å²) in [5, 5.41) is 6.31. The highest BCUT2D eigenvalue weighted by molar-refractivity contribution is 7.13. The molecule has 0 unspecified atom stereocenters. The fourth-order valence-electron chi connectivity index (χ4n) is 3.38. The minimum Gasteiger partial charge on any atom is -0.388 e. The van der Waals surface area contributed by atoms with Crippen LogP contribution >= 0.6 is 11.3 Å². The number of amidine groups is 1. The molecule has 0 saturated carbocycles. The standard InChI is InChI=1S/C22H22F3N5OS/c23-22(24,25)17-7-4-15(5-8-17)21-28-18(14-32-21)13-31-29-20(26)16-6-9-19(27-12-16)30-10-2-1-3-11-30/h4-9,12,14H,1-3,10-11,13H2,(H2,26,29). The molecule has 1 fully saturated rings. The molecular weight excluding hydrogens is 439 g/mol. The molecule has 10 heteroatoms. The molecule has 0 radical (unpaired) electrons. The number of hydrogen-bond acceptors (Lipinski definition) is 6. The van der Waals surface area contributed by atoms with Gasteiger partial charge in [-0.05, 0) is 43.5 Å². The van der Waals surface area contributed by atoms with Crippen LogP contribution in [0.1, 0.15) is 36.1 Å². The van der Waals surface area contributed by atoms with Gasteiger partial charge >= 0.3 is 6.18 Å². The third-order valence-corrected chi connectivity index (χ3v) is 6.05. The first-order chi connectivity index (χ1) is 15.4. The summed E-state index contributed by atoms with van der Waals surface area (Å²) in [6.07, 6.45) is 0.936. The predicted octanol–water partition coefficient (Wildman–Crippen LogP) is 5.05. The van der Waals surface area contributed by atoms with Crippen molar-refractivity contribution < 1.29 is 18.0 Å². The van der Waals surface area contributed by atoms with Gasteiger partial charge in [-0.2, -0.15) is 13.2 Å². The van der Waals surface area contributed by atoms with Crippen molar-refractivity contribution in [2.24, 2.45) is 10.9 Å². The summed E-state index contributed by atoms with van der Waals surface area (Å²) >= 11 is 1.32. The molecule has 32 heavy (non-hydrogen) atoms. The van der Waals surface area contributed by atoms with E-state index < -0.39 is 11.7 Å². The topological polar surface area (TPSA) is 76.6 Å². The number of pyridine rings is 1. The minimum atomic E-state index is -4.36. The first kappa shape index (κ1) is 22.1. The summed E-state index contributed by atoms with van der Waals surface area (Å²) in [7, 11) is 0. The number of thiazole rings is 1. The average Bonchev–Trinajstić information content (AvgIpc) is 3.28. The molecule has 3 aromatic rings.